The van der Waals surface area contributed by atoms with Crippen molar-refractivity contribution in [2.24, 2.45) is 17.8 Å². The van der Waals surface area contributed by atoms with Gasteiger partial charge in [-0.05, 0) is 51.9 Å². The standard InChI is InChI=1S/C13H19NO3/c1-13(2,3)17-12(16)14-10-8-5-4-7(6-8)9(10)11(14)15/h7-10H,4-6H2,1-3H3. The SMILES string of the molecule is CC(C)(C)OC(=O)N1C(=O)C2C3CCC(C3)C21. The highest BCUT2D eigenvalue weighted by Crippen LogP contribution is 2.56. The number of hydrogen-bond acceptors (Lipinski definition) is 3. The number of likely N-dealkylation sites (tertiary alicyclic amines) is 1. The van der Waals surface area contributed by atoms with Crippen molar-refractivity contribution in [1.82, 2.24) is 4.90 Å². The average Bonchev–Trinajstić information content (AvgIpc) is 2.70. The number of carbonyl (C=O) groups is 2. The molecule has 0 N–H and O–H groups in total. The fourth-order valence-electron chi connectivity index (χ4n) is 3.73. The lowest BCUT2D eigenvalue weighted by atomic mass is 9.76. The summed E-state index contributed by atoms with van der Waals surface area (Å²) in [6.45, 7) is 5.48. The fourth-order valence-corrected chi connectivity index (χ4v) is 3.73. The van der Waals surface area contributed by atoms with Crippen LogP contribution in [0, 0.1) is 17.8 Å². The summed E-state index contributed by atoms with van der Waals surface area (Å²) < 4.78 is 5.29. The number of amides is 2. The zero-order valence-corrected chi connectivity index (χ0v) is 10.6. The van der Waals surface area contributed by atoms with E-state index in [1.165, 1.54) is 17.7 Å². The Hall–Kier alpha value is -1.06. The number of nitrogens with zero attached hydrogens (tertiary/aromatic N) is 1. The molecule has 2 aliphatic carbocycles. The summed E-state index contributed by atoms with van der Waals surface area (Å²) in [5, 5.41) is 0. The summed E-state index contributed by atoms with van der Waals surface area (Å²) in [6, 6.07) is 0.149. The molecule has 3 rings (SSSR count). The fraction of sp³-hybridized carbons (Fsp3) is 0.846. The van der Waals surface area contributed by atoms with Gasteiger partial charge in [0.1, 0.15) is 5.60 Å². The van der Waals surface area contributed by atoms with Crippen LogP contribution in [-0.4, -0.2) is 28.5 Å². The zero-order valence-electron chi connectivity index (χ0n) is 10.6. The van der Waals surface area contributed by atoms with Crippen LogP contribution < -0.4 is 0 Å². The minimum atomic E-state index is -0.528. The third kappa shape index (κ3) is 1.49. The van der Waals surface area contributed by atoms with E-state index in [2.05, 4.69) is 0 Å². The molecule has 0 spiro atoms. The normalized spacial score (nSPS) is 39.0. The molecule has 2 amide bonds. The minimum Gasteiger partial charge on any atom is -0.443 e. The van der Waals surface area contributed by atoms with Gasteiger partial charge in [-0.15, -0.1) is 0 Å². The highest BCUT2D eigenvalue weighted by Gasteiger charge is 2.64. The summed E-state index contributed by atoms with van der Waals surface area (Å²) in [4.78, 5) is 25.3. The minimum absolute atomic E-state index is 0.00329. The Labute approximate surface area is 101 Å². The Kier molecular flexibility index (Phi) is 2.11. The summed E-state index contributed by atoms with van der Waals surface area (Å²) in [5.74, 6) is 1.20. The molecule has 1 heterocycles. The number of hydrogen-bond donors (Lipinski definition) is 0. The first-order valence-corrected chi connectivity index (χ1v) is 6.44. The van der Waals surface area contributed by atoms with Gasteiger partial charge >= 0.3 is 6.09 Å². The predicted molar refractivity (Wildman–Crippen MR) is 61.2 cm³/mol. The molecule has 2 bridgehead atoms. The van der Waals surface area contributed by atoms with Crippen molar-refractivity contribution in [1.29, 1.82) is 0 Å². The summed E-state index contributed by atoms with van der Waals surface area (Å²) in [6.07, 6.45) is 3.01. The number of ether oxygens (including phenoxy) is 1. The quantitative estimate of drug-likeness (QED) is 0.607. The third-order valence-corrected chi connectivity index (χ3v) is 4.28. The van der Waals surface area contributed by atoms with Gasteiger partial charge in [-0.3, -0.25) is 4.79 Å². The highest BCUT2D eigenvalue weighted by molar-refractivity contribution is 6.00. The number of rotatable bonds is 0. The lowest BCUT2D eigenvalue weighted by Gasteiger charge is -2.47. The first-order valence-electron chi connectivity index (χ1n) is 6.44. The molecule has 94 valence electrons. The first-order chi connectivity index (χ1) is 7.88. The summed E-state index contributed by atoms with van der Waals surface area (Å²) >= 11 is 0. The largest absolute Gasteiger partial charge is 0.443 e. The van der Waals surface area contributed by atoms with E-state index in [1.54, 1.807) is 0 Å². The van der Waals surface area contributed by atoms with E-state index in [9.17, 15) is 9.59 Å². The van der Waals surface area contributed by atoms with E-state index < -0.39 is 11.7 Å². The van der Waals surface area contributed by atoms with Gasteiger partial charge in [0.2, 0.25) is 5.91 Å². The number of carbonyl (C=O) groups excluding carboxylic acids is 2. The van der Waals surface area contributed by atoms with Crippen LogP contribution in [0.3, 0.4) is 0 Å². The molecule has 0 radical (unpaired) electrons. The Bertz CT molecular complexity index is 385. The monoisotopic (exact) mass is 237 g/mol. The van der Waals surface area contributed by atoms with Crippen LogP contribution in [0.15, 0.2) is 0 Å². The summed E-state index contributed by atoms with van der Waals surface area (Å²) in [7, 11) is 0. The van der Waals surface area contributed by atoms with Gasteiger partial charge in [0.15, 0.2) is 0 Å². The van der Waals surface area contributed by atoms with Crippen LogP contribution in [0.25, 0.3) is 0 Å². The van der Waals surface area contributed by atoms with E-state index in [1.807, 2.05) is 20.8 Å². The number of fused-ring (bicyclic) bond motifs is 5. The number of β-lactam (4-membered cyclic amide) rings is 1. The maximum atomic E-state index is 12.0. The maximum absolute atomic E-state index is 12.0. The molecule has 0 aromatic rings. The maximum Gasteiger partial charge on any atom is 0.417 e. The van der Waals surface area contributed by atoms with Crippen molar-refractivity contribution in [2.45, 2.75) is 51.7 Å². The molecule has 0 aromatic heterocycles. The molecular formula is C13H19NO3. The van der Waals surface area contributed by atoms with E-state index in [-0.39, 0.29) is 17.9 Å². The van der Waals surface area contributed by atoms with Crippen LogP contribution in [0.5, 0.6) is 0 Å². The van der Waals surface area contributed by atoms with Crippen molar-refractivity contribution < 1.29 is 14.3 Å². The Morgan fingerprint density at radius 1 is 1.29 bits per heavy atom. The van der Waals surface area contributed by atoms with Crippen LogP contribution in [-0.2, 0) is 9.53 Å². The van der Waals surface area contributed by atoms with Gasteiger partial charge in [-0.1, -0.05) is 0 Å². The van der Waals surface area contributed by atoms with Gasteiger partial charge < -0.3 is 4.74 Å². The topological polar surface area (TPSA) is 46.6 Å². The summed E-state index contributed by atoms with van der Waals surface area (Å²) in [5.41, 5.74) is -0.528. The molecule has 4 atom stereocenters. The van der Waals surface area contributed by atoms with E-state index in [0.717, 1.165) is 6.42 Å². The lowest BCUT2D eigenvalue weighted by Crippen LogP contribution is -2.65. The number of imide groups is 1. The van der Waals surface area contributed by atoms with Gasteiger partial charge in [0.25, 0.3) is 0 Å². The van der Waals surface area contributed by atoms with Crippen LogP contribution >= 0.6 is 0 Å². The molecule has 4 nitrogen and oxygen atoms in total. The van der Waals surface area contributed by atoms with Gasteiger partial charge in [-0.2, -0.15) is 0 Å². The van der Waals surface area contributed by atoms with Crippen molar-refractivity contribution in [3.8, 4) is 0 Å². The van der Waals surface area contributed by atoms with Gasteiger partial charge in [-0.25, -0.2) is 9.69 Å². The molecule has 3 fully saturated rings. The van der Waals surface area contributed by atoms with Crippen LogP contribution in [0.1, 0.15) is 40.0 Å². The second kappa shape index (κ2) is 3.24. The second-order valence-corrected chi connectivity index (χ2v) is 6.54. The van der Waals surface area contributed by atoms with Crippen molar-refractivity contribution in [3.05, 3.63) is 0 Å². The smallest absolute Gasteiger partial charge is 0.417 e. The van der Waals surface area contributed by atoms with Gasteiger partial charge in [0.05, 0.1) is 12.0 Å². The van der Waals surface area contributed by atoms with Gasteiger partial charge in [0, 0.05) is 0 Å². The van der Waals surface area contributed by atoms with Crippen LogP contribution in [0.2, 0.25) is 0 Å². The van der Waals surface area contributed by atoms with E-state index in [0.29, 0.717) is 11.8 Å². The first kappa shape index (κ1) is 11.1. The van der Waals surface area contributed by atoms with Crippen molar-refractivity contribution in [3.63, 3.8) is 0 Å². The predicted octanol–water partition coefficient (Wildman–Crippen LogP) is 2.18. The Morgan fingerprint density at radius 2 is 1.94 bits per heavy atom. The average molecular weight is 237 g/mol. The molecule has 17 heavy (non-hydrogen) atoms. The van der Waals surface area contributed by atoms with Crippen LogP contribution in [0.4, 0.5) is 4.79 Å². The molecule has 1 saturated heterocycles. The highest BCUT2D eigenvalue weighted by atomic mass is 16.6. The molecule has 0 aromatic carbocycles. The van der Waals surface area contributed by atoms with Crippen molar-refractivity contribution in [2.75, 3.05) is 0 Å². The molecule has 3 aliphatic rings. The molecule has 4 heteroatoms. The van der Waals surface area contributed by atoms with E-state index >= 15 is 0 Å². The lowest BCUT2D eigenvalue weighted by molar-refractivity contribution is -0.157. The molecule has 1 aliphatic heterocycles. The molecule has 2 saturated carbocycles. The Balaban J connectivity index is 1.74. The third-order valence-electron chi connectivity index (χ3n) is 4.28. The second-order valence-electron chi connectivity index (χ2n) is 6.54. The molecule has 4 unspecified atom stereocenters. The van der Waals surface area contributed by atoms with Crippen molar-refractivity contribution >= 4 is 12.0 Å². The van der Waals surface area contributed by atoms with E-state index in [4.69, 9.17) is 4.74 Å². The Morgan fingerprint density at radius 3 is 2.59 bits per heavy atom. The molecular weight excluding hydrogens is 218 g/mol. The zero-order chi connectivity index (χ0) is 12.4.